The largest absolute Gasteiger partial charge is 0.387 e. The molecule has 0 bridgehead atoms. The van der Waals surface area contributed by atoms with E-state index < -0.39 is 6.10 Å². The van der Waals surface area contributed by atoms with Gasteiger partial charge in [-0.1, -0.05) is 6.07 Å². The zero-order chi connectivity index (χ0) is 15.2. The first-order chi connectivity index (χ1) is 10.2. The molecular weight excluding hydrogens is 266 g/mol. The van der Waals surface area contributed by atoms with Crippen LogP contribution in [0.25, 0.3) is 0 Å². The van der Waals surface area contributed by atoms with Gasteiger partial charge < -0.3 is 10.0 Å². The number of anilines is 1. The van der Waals surface area contributed by atoms with E-state index in [9.17, 15) is 5.11 Å². The van der Waals surface area contributed by atoms with Crippen molar-refractivity contribution < 1.29 is 5.11 Å². The molecule has 0 spiro atoms. The van der Waals surface area contributed by atoms with Gasteiger partial charge in [0.2, 0.25) is 0 Å². The molecule has 1 aromatic heterocycles. The number of aromatic nitrogens is 1. The fourth-order valence-electron chi connectivity index (χ4n) is 2.62. The van der Waals surface area contributed by atoms with Crippen LogP contribution in [-0.2, 0) is 0 Å². The highest BCUT2D eigenvalue weighted by molar-refractivity contribution is 5.77. The number of hydrogen-bond acceptors (Lipinski definition) is 5. The summed E-state index contributed by atoms with van der Waals surface area (Å²) in [5.41, 5.74) is 1.67. The normalized spacial score (nSPS) is 17.3. The van der Waals surface area contributed by atoms with Crippen molar-refractivity contribution in [3.8, 4) is 0 Å². The maximum atomic E-state index is 10.4. The van der Waals surface area contributed by atoms with Gasteiger partial charge in [0.15, 0.2) is 5.82 Å². The first-order valence-corrected chi connectivity index (χ1v) is 7.22. The maximum Gasteiger partial charge on any atom is 0.155 e. The lowest BCUT2D eigenvalue weighted by molar-refractivity contribution is 0.125. The van der Waals surface area contributed by atoms with Gasteiger partial charge in [0.25, 0.3) is 0 Å². The molecule has 1 aliphatic rings. The van der Waals surface area contributed by atoms with Gasteiger partial charge in [-0.2, -0.15) is 5.10 Å². The smallest absolute Gasteiger partial charge is 0.155 e. The topological polar surface area (TPSA) is 64.3 Å². The predicted octanol–water partition coefficient (Wildman–Crippen LogP) is 1.60. The lowest BCUT2D eigenvalue weighted by Gasteiger charge is -2.21. The summed E-state index contributed by atoms with van der Waals surface area (Å²) in [6.45, 7) is 8.21. The van der Waals surface area contributed by atoms with Crippen LogP contribution < -0.4 is 5.01 Å². The third kappa shape index (κ3) is 3.86. The number of aliphatic imine (C=N–C) groups is 1. The second-order valence-electron chi connectivity index (χ2n) is 5.23. The Kier molecular flexibility index (Phi) is 5.41. The Balaban J connectivity index is 2.12. The SMILES string of the molecule is C=NN(C=NC)c1ccc(C(O)CN2CCCC2)c(C)n1. The number of aliphatic hydroxyl groups excluding tert-OH is 1. The van der Waals surface area contributed by atoms with Crippen molar-refractivity contribution in [2.24, 2.45) is 10.1 Å². The number of nitrogens with zero attached hydrogens (tertiary/aromatic N) is 5. The molecule has 21 heavy (non-hydrogen) atoms. The number of aryl methyl sites for hydroxylation is 1. The number of hydrazone groups is 1. The Bertz CT molecular complexity index is 511. The molecule has 0 amide bonds. The third-order valence-corrected chi connectivity index (χ3v) is 3.71. The van der Waals surface area contributed by atoms with Crippen molar-refractivity contribution in [3.05, 3.63) is 23.4 Å². The number of β-amino-alcohol motifs (C(OH)–C–C–N with tert-alkyl or cyclic N) is 1. The van der Waals surface area contributed by atoms with Crippen LogP contribution in [0.15, 0.2) is 22.2 Å². The summed E-state index contributed by atoms with van der Waals surface area (Å²) in [5, 5.41) is 15.7. The third-order valence-electron chi connectivity index (χ3n) is 3.71. The molecule has 1 fully saturated rings. The summed E-state index contributed by atoms with van der Waals surface area (Å²) >= 11 is 0. The highest BCUT2D eigenvalue weighted by atomic mass is 16.3. The quantitative estimate of drug-likeness (QED) is 0.491. The zero-order valence-electron chi connectivity index (χ0n) is 12.7. The average molecular weight is 289 g/mol. The van der Waals surface area contributed by atoms with E-state index in [1.807, 2.05) is 19.1 Å². The Morgan fingerprint density at radius 2 is 2.19 bits per heavy atom. The molecule has 1 unspecified atom stereocenters. The van der Waals surface area contributed by atoms with Crippen LogP contribution in [0.5, 0.6) is 0 Å². The Labute approximate surface area is 125 Å². The molecule has 1 aliphatic heterocycles. The van der Waals surface area contributed by atoms with Crippen molar-refractivity contribution in [2.45, 2.75) is 25.9 Å². The molecule has 2 rings (SSSR count). The van der Waals surface area contributed by atoms with Gasteiger partial charge in [-0.05, 0) is 38.9 Å². The van der Waals surface area contributed by atoms with Gasteiger partial charge >= 0.3 is 0 Å². The lowest BCUT2D eigenvalue weighted by atomic mass is 10.1. The Hall–Kier alpha value is -1.79. The molecule has 0 radical (unpaired) electrons. The number of aliphatic hydroxyl groups is 1. The van der Waals surface area contributed by atoms with E-state index in [4.69, 9.17) is 0 Å². The highest BCUT2D eigenvalue weighted by Crippen LogP contribution is 2.22. The Morgan fingerprint density at radius 3 is 2.76 bits per heavy atom. The Morgan fingerprint density at radius 1 is 1.48 bits per heavy atom. The number of hydrogen-bond donors (Lipinski definition) is 1. The minimum atomic E-state index is -0.505. The minimum Gasteiger partial charge on any atom is -0.387 e. The van der Waals surface area contributed by atoms with Crippen LogP contribution in [-0.4, -0.2) is 54.7 Å². The van der Waals surface area contributed by atoms with Crippen LogP contribution in [0.2, 0.25) is 0 Å². The molecule has 1 saturated heterocycles. The zero-order valence-corrected chi connectivity index (χ0v) is 12.7. The monoisotopic (exact) mass is 289 g/mol. The molecule has 1 aromatic rings. The number of rotatable bonds is 6. The van der Waals surface area contributed by atoms with E-state index in [0.717, 1.165) is 24.3 Å². The molecule has 0 aromatic carbocycles. The van der Waals surface area contributed by atoms with Crippen LogP contribution >= 0.6 is 0 Å². The minimum absolute atomic E-state index is 0.505. The molecule has 1 N–H and O–H groups in total. The van der Waals surface area contributed by atoms with Gasteiger partial charge in [-0.3, -0.25) is 4.99 Å². The molecule has 6 nitrogen and oxygen atoms in total. The van der Waals surface area contributed by atoms with Crippen LogP contribution in [0.1, 0.15) is 30.2 Å². The fraction of sp³-hybridized carbons (Fsp3) is 0.533. The molecule has 2 heterocycles. The highest BCUT2D eigenvalue weighted by Gasteiger charge is 2.19. The summed E-state index contributed by atoms with van der Waals surface area (Å²) in [7, 11) is 1.67. The number of likely N-dealkylation sites (tertiary alicyclic amines) is 1. The van der Waals surface area contributed by atoms with E-state index in [1.54, 1.807) is 13.4 Å². The van der Waals surface area contributed by atoms with Crippen molar-refractivity contribution in [1.82, 2.24) is 9.88 Å². The van der Waals surface area contributed by atoms with Crippen LogP contribution in [0.4, 0.5) is 5.82 Å². The first kappa shape index (κ1) is 15.6. The van der Waals surface area contributed by atoms with E-state index >= 15 is 0 Å². The van der Waals surface area contributed by atoms with Crippen molar-refractivity contribution in [1.29, 1.82) is 0 Å². The molecule has 0 saturated carbocycles. The molecular formula is C15H23N5O. The second-order valence-corrected chi connectivity index (χ2v) is 5.23. The second kappa shape index (κ2) is 7.28. The van der Waals surface area contributed by atoms with Crippen molar-refractivity contribution >= 4 is 18.9 Å². The van der Waals surface area contributed by atoms with Gasteiger partial charge in [0.1, 0.15) is 6.34 Å². The predicted molar refractivity (Wildman–Crippen MR) is 86.1 cm³/mol. The van der Waals surface area contributed by atoms with Gasteiger partial charge in [0.05, 0.1) is 6.10 Å². The average Bonchev–Trinajstić information content (AvgIpc) is 2.97. The lowest BCUT2D eigenvalue weighted by Crippen LogP contribution is -2.26. The number of pyridine rings is 1. The molecule has 6 heteroatoms. The summed E-state index contributed by atoms with van der Waals surface area (Å²) < 4.78 is 0. The summed E-state index contributed by atoms with van der Waals surface area (Å²) in [6, 6.07) is 3.73. The summed E-state index contributed by atoms with van der Waals surface area (Å²) in [5.74, 6) is 0.644. The fourth-order valence-corrected chi connectivity index (χ4v) is 2.62. The van der Waals surface area contributed by atoms with E-state index in [2.05, 4.69) is 26.7 Å². The van der Waals surface area contributed by atoms with Gasteiger partial charge in [-0.15, -0.1) is 0 Å². The molecule has 114 valence electrons. The van der Waals surface area contributed by atoms with Gasteiger partial charge in [-0.25, -0.2) is 9.99 Å². The first-order valence-electron chi connectivity index (χ1n) is 7.22. The van der Waals surface area contributed by atoms with Gasteiger partial charge in [0, 0.05) is 31.6 Å². The van der Waals surface area contributed by atoms with Crippen molar-refractivity contribution in [3.63, 3.8) is 0 Å². The van der Waals surface area contributed by atoms with Crippen LogP contribution in [0, 0.1) is 6.92 Å². The van der Waals surface area contributed by atoms with Crippen molar-refractivity contribution in [2.75, 3.05) is 31.7 Å². The summed E-state index contributed by atoms with van der Waals surface area (Å²) in [4.78, 5) is 10.7. The molecule has 1 atom stereocenters. The maximum absolute atomic E-state index is 10.4. The van der Waals surface area contributed by atoms with E-state index in [0.29, 0.717) is 12.4 Å². The summed E-state index contributed by atoms with van der Waals surface area (Å²) in [6.07, 6.45) is 3.49. The molecule has 0 aliphatic carbocycles. The standard InChI is InChI=1S/C15H23N5O/c1-12-13(14(21)10-19-8-4-5-9-19)6-7-15(18-12)20(17-3)11-16-2/h6-7,11,14,21H,3-5,8-10H2,1-2H3. The van der Waals surface area contributed by atoms with E-state index in [-0.39, 0.29) is 0 Å². The van der Waals surface area contributed by atoms with Crippen LogP contribution in [0.3, 0.4) is 0 Å². The van der Waals surface area contributed by atoms with E-state index in [1.165, 1.54) is 17.9 Å².